The molecule has 0 aromatic carbocycles. The van der Waals surface area contributed by atoms with Crippen molar-refractivity contribution >= 4 is 11.0 Å². The molecular weight excluding hydrogens is 192 g/mol. The molecule has 0 aliphatic heterocycles. The van der Waals surface area contributed by atoms with Gasteiger partial charge >= 0.3 is 0 Å². The highest BCUT2D eigenvalue weighted by molar-refractivity contribution is 5.71. The molecule has 84 valence electrons. The summed E-state index contributed by atoms with van der Waals surface area (Å²) in [4.78, 5) is 17.5. The van der Waals surface area contributed by atoms with Gasteiger partial charge in [-0.25, -0.2) is 4.98 Å². The summed E-state index contributed by atoms with van der Waals surface area (Å²) in [6.45, 7) is 8.00. The normalized spacial score (nSPS) is 8.60. The van der Waals surface area contributed by atoms with Crippen LogP contribution in [0.2, 0.25) is 0 Å². The second kappa shape index (κ2) is 6.75. The van der Waals surface area contributed by atoms with E-state index in [4.69, 9.17) is 0 Å². The number of H-pyrrole nitrogens is 1. The first kappa shape index (κ1) is 13.4. The summed E-state index contributed by atoms with van der Waals surface area (Å²) in [6.07, 6.45) is 2.93. The number of aromatic nitrogens is 4. The maximum atomic E-state index is 11.1. The fourth-order valence-electron chi connectivity index (χ4n) is 1.01. The van der Waals surface area contributed by atoms with Crippen molar-refractivity contribution < 1.29 is 0 Å². The fraction of sp³-hybridized carbons (Fsp3) is 0.500. The van der Waals surface area contributed by atoms with Gasteiger partial charge in [0.15, 0.2) is 5.52 Å². The van der Waals surface area contributed by atoms with Crippen molar-refractivity contribution in [1.29, 1.82) is 0 Å². The minimum absolute atomic E-state index is 0.157. The van der Waals surface area contributed by atoms with E-state index < -0.39 is 0 Å². The number of hydrogen-bond donors (Lipinski definition) is 1. The van der Waals surface area contributed by atoms with Crippen LogP contribution in [0.4, 0.5) is 0 Å². The highest BCUT2D eigenvalue weighted by Gasteiger charge is 2.02. The van der Waals surface area contributed by atoms with Crippen LogP contribution in [-0.4, -0.2) is 19.7 Å². The standard InChI is InChI=1S/C6H6N4O.2C2H6/c1-10-5-4(2-9-10)7-3-8-6(5)11;2*1-2/h2-3H,1H3,(H,7,8,11);2*1-2H3. The lowest BCUT2D eigenvalue weighted by Crippen LogP contribution is -2.09. The van der Waals surface area contributed by atoms with Crippen LogP contribution in [0.15, 0.2) is 17.3 Å². The van der Waals surface area contributed by atoms with Crippen LogP contribution in [-0.2, 0) is 7.05 Å². The lowest BCUT2D eigenvalue weighted by molar-refractivity contribution is 0.792. The van der Waals surface area contributed by atoms with E-state index >= 15 is 0 Å². The molecule has 0 atom stereocenters. The van der Waals surface area contributed by atoms with Gasteiger partial charge in [0, 0.05) is 7.05 Å². The smallest absolute Gasteiger partial charge is 0.276 e. The first-order valence-electron chi connectivity index (χ1n) is 5.14. The van der Waals surface area contributed by atoms with Crippen LogP contribution in [0.3, 0.4) is 0 Å². The Morgan fingerprint density at radius 1 is 1.27 bits per heavy atom. The lowest BCUT2D eigenvalue weighted by Gasteiger charge is -1.89. The number of hydrogen-bond acceptors (Lipinski definition) is 3. The Morgan fingerprint density at radius 2 is 1.87 bits per heavy atom. The molecule has 0 spiro atoms. The molecule has 5 nitrogen and oxygen atoms in total. The summed E-state index contributed by atoms with van der Waals surface area (Å²) in [7, 11) is 1.71. The largest absolute Gasteiger partial charge is 0.311 e. The maximum absolute atomic E-state index is 11.1. The molecule has 0 unspecified atom stereocenters. The molecular formula is C10H18N4O. The summed E-state index contributed by atoms with van der Waals surface area (Å²) < 4.78 is 1.50. The van der Waals surface area contributed by atoms with Gasteiger partial charge in [-0.2, -0.15) is 5.10 Å². The van der Waals surface area contributed by atoms with Gasteiger partial charge in [0.1, 0.15) is 5.52 Å². The summed E-state index contributed by atoms with van der Waals surface area (Å²) in [5, 5.41) is 3.89. The Kier molecular flexibility index (Phi) is 6.01. The topological polar surface area (TPSA) is 63.6 Å². The summed E-state index contributed by atoms with van der Waals surface area (Å²) >= 11 is 0. The molecule has 0 saturated carbocycles. The van der Waals surface area contributed by atoms with E-state index in [-0.39, 0.29) is 5.56 Å². The van der Waals surface area contributed by atoms with Gasteiger partial charge < -0.3 is 4.98 Å². The Morgan fingerprint density at radius 3 is 2.40 bits per heavy atom. The highest BCUT2D eigenvalue weighted by Crippen LogP contribution is 2.00. The first-order valence-corrected chi connectivity index (χ1v) is 5.14. The number of aromatic amines is 1. The molecule has 2 rings (SSSR count). The summed E-state index contributed by atoms with van der Waals surface area (Å²) in [5.41, 5.74) is 0.971. The van der Waals surface area contributed by atoms with Gasteiger partial charge in [-0.1, -0.05) is 27.7 Å². The maximum Gasteiger partial charge on any atom is 0.276 e. The molecule has 0 aliphatic carbocycles. The molecule has 0 amide bonds. The zero-order valence-electron chi connectivity index (χ0n) is 9.90. The van der Waals surface area contributed by atoms with E-state index in [2.05, 4.69) is 15.1 Å². The van der Waals surface area contributed by atoms with E-state index in [1.54, 1.807) is 13.2 Å². The van der Waals surface area contributed by atoms with E-state index in [0.29, 0.717) is 11.0 Å². The SMILES string of the molecule is CC.CC.Cn1ncc2nc[nH]c(=O)c21. The van der Waals surface area contributed by atoms with E-state index in [0.717, 1.165) is 0 Å². The molecule has 1 N–H and O–H groups in total. The summed E-state index contributed by atoms with van der Waals surface area (Å²) in [6, 6.07) is 0. The Hall–Kier alpha value is -1.65. The lowest BCUT2D eigenvalue weighted by atomic mass is 10.5. The molecule has 2 aromatic rings. The zero-order chi connectivity index (χ0) is 11.8. The van der Waals surface area contributed by atoms with Gasteiger partial charge in [-0.15, -0.1) is 0 Å². The molecule has 2 aromatic heterocycles. The van der Waals surface area contributed by atoms with E-state index in [1.165, 1.54) is 11.0 Å². The monoisotopic (exact) mass is 210 g/mol. The van der Waals surface area contributed by atoms with Crippen molar-refractivity contribution in [2.75, 3.05) is 0 Å². The molecule has 5 heteroatoms. The van der Waals surface area contributed by atoms with Gasteiger partial charge in [-0.3, -0.25) is 9.48 Å². The van der Waals surface area contributed by atoms with Crippen LogP contribution >= 0.6 is 0 Å². The quantitative estimate of drug-likeness (QED) is 0.720. The number of rotatable bonds is 0. The van der Waals surface area contributed by atoms with Gasteiger partial charge in [0.05, 0.1) is 12.5 Å². The minimum atomic E-state index is -0.157. The number of fused-ring (bicyclic) bond motifs is 1. The predicted molar refractivity (Wildman–Crippen MR) is 61.8 cm³/mol. The average Bonchev–Trinajstić information content (AvgIpc) is 2.68. The van der Waals surface area contributed by atoms with Crippen molar-refractivity contribution in [2.24, 2.45) is 7.05 Å². The van der Waals surface area contributed by atoms with Crippen LogP contribution < -0.4 is 5.56 Å². The van der Waals surface area contributed by atoms with Crippen LogP contribution in [0.5, 0.6) is 0 Å². The van der Waals surface area contributed by atoms with Crippen molar-refractivity contribution in [3.05, 3.63) is 22.9 Å². The van der Waals surface area contributed by atoms with Crippen molar-refractivity contribution in [3.8, 4) is 0 Å². The number of aryl methyl sites for hydroxylation is 1. The Labute approximate surface area is 89.2 Å². The van der Waals surface area contributed by atoms with Crippen molar-refractivity contribution in [3.63, 3.8) is 0 Å². The molecule has 0 radical (unpaired) electrons. The molecule has 0 saturated heterocycles. The van der Waals surface area contributed by atoms with Crippen LogP contribution in [0.1, 0.15) is 27.7 Å². The van der Waals surface area contributed by atoms with E-state index in [9.17, 15) is 4.79 Å². The predicted octanol–water partition coefficient (Wildman–Crippen LogP) is 1.71. The molecule has 15 heavy (non-hydrogen) atoms. The second-order valence-corrected chi connectivity index (χ2v) is 2.23. The Bertz CT molecular complexity index is 444. The third-order valence-corrected chi connectivity index (χ3v) is 1.53. The van der Waals surface area contributed by atoms with Crippen molar-refractivity contribution in [2.45, 2.75) is 27.7 Å². The molecule has 0 bridgehead atoms. The summed E-state index contributed by atoms with van der Waals surface area (Å²) in [5.74, 6) is 0. The van der Waals surface area contributed by atoms with E-state index in [1.807, 2.05) is 27.7 Å². The average molecular weight is 210 g/mol. The van der Waals surface area contributed by atoms with Gasteiger partial charge in [0.25, 0.3) is 5.56 Å². The van der Waals surface area contributed by atoms with Gasteiger partial charge in [-0.05, 0) is 0 Å². The zero-order valence-corrected chi connectivity index (χ0v) is 9.90. The van der Waals surface area contributed by atoms with Gasteiger partial charge in [0.2, 0.25) is 0 Å². The molecule has 2 heterocycles. The highest BCUT2D eigenvalue weighted by atomic mass is 16.1. The number of nitrogens with one attached hydrogen (secondary N) is 1. The second-order valence-electron chi connectivity index (χ2n) is 2.23. The Balaban J connectivity index is 0.000000442. The van der Waals surface area contributed by atoms with Crippen LogP contribution in [0, 0.1) is 0 Å². The van der Waals surface area contributed by atoms with Crippen molar-refractivity contribution in [1.82, 2.24) is 19.7 Å². The molecule has 0 aliphatic rings. The minimum Gasteiger partial charge on any atom is -0.311 e. The number of nitrogens with zero attached hydrogens (tertiary/aromatic N) is 3. The fourth-order valence-corrected chi connectivity index (χ4v) is 1.01. The van der Waals surface area contributed by atoms with Crippen LogP contribution in [0.25, 0.3) is 11.0 Å². The third-order valence-electron chi connectivity index (χ3n) is 1.53. The molecule has 0 fully saturated rings. The third kappa shape index (κ3) is 2.90. The first-order chi connectivity index (χ1) is 7.29.